The molecule has 0 aliphatic rings. The molecule has 0 saturated heterocycles. The second-order valence-corrected chi connectivity index (χ2v) is 5.29. The largest absolute Gasteiger partial charge is 0.507 e. The molecule has 0 saturated carbocycles. The van der Waals surface area contributed by atoms with Crippen LogP contribution in [0.4, 0.5) is 0 Å². The van der Waals surface area contributed by atoms with Crippen LogP contribution in [-0.4, -0.2) is 15.2 Å². The average molecular weight is 321 g/mol. The van der Waals surface area contributed by atoms with Gasteiger partial charge in [-0.1, -0.05) is 46.6 Å². The third-order valence-corrected chi connectivity index (χ3v) is 3.57. The number of phenols is 1. The molecule has 0 spiro atoms. The van der Waals surface area contributed by atoms with E-state index in [2.05, 4.69) is 10.1 Å². The Bertz CT molecular complexity index is 787. The maximum atomic E-state index is 9.82. The van der Waals surface area contributed by atoms with Gasteiger partial charge in [0.1, 0.15) is 5.75 Å². The highest BCUT2D eigenvalue weighted by Crippen LogP contribution is 2.30. The van der Waals surface area contributed by atoms with Crippen LogP contribution in [0.3, 0.4) is 0 Å². The molecule has 0 radical (unpaired) electrons. The van der Waals surface area contributed by atoms with Crippen LogP contribution in [0.2, 0.25) is 10.0 Å². The molecule has 106 valence electrons. The Kier molecular flexibility index (Phi) is 3.82. The molecule has 3 rings (SSSR count). The smallest absolute Gasteiger partial charge is 0.261 e. The minimum atomic E-state index is 0.0346. The number of halogens is 2. The van der Waals surface area contributed by atoms with Gasteiger partial charge >= 0.3 is 0 Å². The molecule has 6 heteroatoms. The van der Waals surface area contributed by atoms with Crippen molar-refractivity contribution in [1.82, 2.24) is 10.1 Å². The molecular formula is C15H10Cl2N2O2. The summed E-state index contributed by atoms with van der Waals surface area (Å²) in [7, 11) is 0. The molecule has 1 heterocycles. The highest BCUT2D eigenvalue weighted by molar-refractivity contribution is 6.31. The zero-order valence-electron chi connectivity index (χ0n) is 10.8. The Balaban J connectivity index is 1.90. The Labute approximate surface area is 130 Å². The fourth-order valence-corrected chi connectivity index (χ4v) is 2.30. The monoisotopic (exact) mass is 320 g/mol. The molecule has 2 aromatic carbocycles. The van der Waals surface area contributed by atoms with Crippen LogP contribution in [0.15, 0.2) is 47.0 Å². The zero-order chi connectivity index (χ0) is 14.8. The standard InChI is InChI=1S/C15H10Cl2N2O2/c16-10-5-6-13(20)11(8-10)15-18-14(19-21-15)7-9-3-1-2-4-12(9)17/h1-6,8,20H,7H2. The van der Waals surface area contributed by atoms with E-state index in [-0.39, 0.29) is 11.6 Å². The van der Waals surface area contributed by atoms with Crippen molar-refractivity contribution in [3.05, 3.63) is 63.9 Å². The van der Waals surface area contributed by atoms with Gasteiger partial charge < -0.3 is 9.63 Å². The quantitative estimate of drug-likeness (QED) is 0.779. The van der Waals surface area contributed by atoms with Crippen molar-refractivity contribution in [1.29, 1.82) is 0 Å². The zero-order valence-corrected chi connectivity index (χ0v) is 12.3. The lowest BCUT2D eigenvalue weighted by molar-refractivity contribution is 0.418. The summed E-state index contributed by atoms with van der Waals surface area (Å²) in [6.45, 7) is 0. The summed E-state index contributed by atoms with van der Waals surface area (Å²) in [4.78, 5) is 4.26. The molecule has 3 aromatic rings. The van der Waals surface area contributed by atoms with E-state index in [1.54, 1.807) is 18.2 Å². The van der Waals surface area contributed by atoms with E-state index in [0.29, 0.717) is 27.9 Å². The lowest BCUT2D eigenvalue weighted by atomic mass is 10.1. The predicted octanol–water partition coefficient (Wildman–Crippen LogP) is 4.34. The van der Waals surface area contributed by atoms with Gasteiger partial charge in [0, 0.05) is 16.5 Å². The first kappa shape index (κ1) is 13.9. The van der Waals surface area contributed by atoms with Gasteiger partial charge in [0.25, 0.3) is 5.89 Å². The van der Waals surface area contributed by atoms with E-state index >= 15 is 0 Å². The third kappa shape index (κ3) is 3.01. The molecule has 0 unspecified atom stereocenters. The predicted molar refractivity (Wildman–Crippen MR) is 80.7 cm³/mol. The van der Waals surface area contributed by atoms with Crippen molar-refractivity contribution in [3.63, 3.8) is 0 Å². The van der Waals surface area contributed by atoms with Gasteiger partial charge in [-0.05, 0) is 29.8 Å². The molecule has 0 bridgehead atoms. The van der Waals surface area contributed by atoms with Gasteiger partial charge in [0.15, 0.2) is 5.82 Å². The van der Waals surface area contributed by atoms with Crippen molar-refractivity contribution in [2.75, 3.05) is 0 Å². The molecule has 0 atom stereocenters. The average Bonchev–Trinajstić information content (AvgIpc) is 2.92. The topological polar surface area (TPSA) is 59.2 Å². The summed E-state index contributed by atoms with van der Waals surface area (Å²) in [5.74, 6) is 0.738. The van der Waals surface area contributed by atoms with Gasteiger partial charge in [0.2, 0.25) is 0 Å². The Morgan fingerprint density at radius 2 is 1.90 bits per heavy atom. The maximum Gasteiger partial charge on any atom is 0.261 e. The van der Waals surface area contributed by atoms with Gasteiger partial charge in [-0.25, -0.2) is 0 Å². The normalized spacial score (nSPS) is 10.8. The minimum absolute atomic E-state index is 0.0346. The SMILES string of the molecule is Oc1ccc(Cl)cc1-c1nc(Cc2ccccc2Cl)no1. The van der Waals surface area contributed by atoms with E-state index in [4.69, 9.17) is 27.7 Å². The van der Waals surface area contributed by atoms with Crippen molar-refractivity contribution in [2.45, 2.75) is 6.42 Å². The van der Waals surface area contributed by atoms with Gasteiger partial charge in [0.05, 0.1) is 5.56 Å². The van der Waals surface area contributed by atoms with E-state index < -0.39 is 0 Å². The molecule has 4 nitrogen and oxygen atoms in total. The fourth-order valence-electron chi connectivity index (χ4n) is 1.93. The number of hydrogen-bond donors (Lipinski definition) is 1. The molecule has 1 N–H and O–H groups in total. The summed E-state index contributed by atoms with van der Waals surface area (Å²) in [5.41, 5.74) is 1.31. The number of rotatable bonds is 3. The van der Waals surface area contributed by atoms with Crippen molar-refractivity contribution in [3.8, 4) is 17.2 Å². The highest BCUT2D eigenvalue weighted by atomic mass is 35.5. The van der Waals surface area contributed by atoms with Crippen LogP contribution in [0.25, 0.3) is 11.5 Å². The molecule has 0 aliphatic heterocycles. The second kappa shape index (κ2) is 5.76. The fraction of sp³-hybridized carbons (Fsp3) is 0.0667. The summed E-state index contributed by atoms with van der Waals surface area (Å²) in [6.07, 6.45) is 0.449. The maximum absolute atomic E-state index is 9.82. The summed E-state index contributed by atoms with van der Waals surface area (Å²) in [5, 5.41) is 14.9. The van der Waals surface area contributed by atoms with Crippen molar-refractivity contribution < 1.29 is 9.63 Å². The van der Waals surface area contributed by atoms with Gasteiger partial charge in [-0.3, -0.25) is 0 Å². The van der Waals surface area contributed by atoms with Crippen molar-refractivity contribution in [2.24, 2.45) is 0 Å². The van der Waals surface area contributed by atoms with E-state index in [9.17, 15) is 5.11 Å². The lowest BCUT2D eigenvalue weighted by Gasteiger charge is -2.00. The van der Waals surface area contributed by atoms with Crippen molar-refractivity contribution >= 4 is 23.2 Å². The Morgan fingerprint density at radius 3 is 2.71 bits per heavy atom. The Hall–Kier alpha value is -2.04. The second-order valence-electron chi connectivity index (χ2n) is 4.45. The molecule has 0 fully saturated rings. The number of aromatic nitrogens is 2. The number of hydrogen-bond acceptors (Lipinski definition) is 4. The third-order valence-electron chi connectivity index (χ3n) is 2.96. The molecular weight excluding hydrogens is 311 g/mol. The van der Waals surface area contributed by atoms with Crippen LogP contribution in [0, 0.1) is 0 Å². The van der Waals surface area contributed by atoms with E-state index in [1.165, 1.54) is 6.07 Å². The van der Waals surface area contributed by atoms with E-state index in [0.717, 1.165) is 5.56 Å². The highest BCUT2D eigenvalue weighted by Gasteiger charge is 2.14. The first-order valence-electron chi connectivity index (χ1n) is 6.18. The first-order valence-corrected chi connectivity index (χ1v) is 6.94. The molecule has 1 aromatic heterocycles. The summed E-state index contributed by atoms with van der Waals surface area (Å²) >= 11 is 12.0. The van der Waals surface area contributed by atoms with Gasteiger partial charge in [-0.2, -0.15) is 4.98 Å². The number of aromatic hydroxyl groups is 1. The Morgan fingerprint density at radius 1 is 1.10 bits per heavy atom. The summed E-state index contributed by atoms with van der Waals surface area (Å²) < 4.78 is 5.18. The number of phenolic OH excluding ortho intramolecular Hbond substituents is 1. The number of benzene rings is 2. The number of nitrogens with zero attached hydrogens (tertiary/aromatic N) is 2. The first-order chi connectivity index (χ1) is 10.1. The van der Waals surface area contributed by atoms with Crippen LogP contribution in [0.5, 0.6) is 5.75 Å². The van der Waals surface area contributed by atoms with E-state index in [1.807, 2.05) is 18.2 Å². The van der Waals surface area contributed by atoms with Crippen LogP contribution in [0.1, 0.15) is 11.4 Å². The lowest BCUT2D eigenvalue weighted by Crippen LogP contribution is -1.91. The van der Waals surface area contributed by atoms with Gasteiger partial charge in [-0.15, -0.1) is 0 Å². The molecule has 0 aliphatic carbocycles. The van der Waals surface area contributed by atoms with Crippen LogP contribution >= 0.6 is 23.2 Å². The molecule has 0 amide bonds. The van der Waals surface area contributed by atoms with Crippen LogP contribution < -0.4 is 0 Å². The minimum Gasteiger partial charge on any atom is -0.507 e. The van der Waals surface area contributed by atoms with Crippen LogP contribution in [-0.2, 0) is 6.42 Å². The summed E-state index contributed by atoms with van der Waals surface area (Å²) in [6, 6.07) is 12.1. The molecule has 21 heavy (non-hydrogen) atoms.